The van der Waals surface area contributed by atoms with Gasteiger partial charge in [-0.25, -0.2) is 8.42 Å². The fraction of sp³-hybridized carbons (Fsp3) is 0.385. The summed E-state index contributed by atoms with van der Waals surface area (Å²) in [5.41, 5.74) is 6.50. The maximum absolute atomic E-state index is 11.7. The number of nitrogens with two attached hydrogens (primary N) is 1. The zero-order valence-electron chi connectivity index (χ0n) is 11.7. The van der Waals surface area contributed by atoms with Crippen LogP contribution in [0.15, 0.2) is 24.3 Å². The van der Waals surface area contributed by atoms with Crippen LogP contribution in [0, 0.1) is 0 Å². The Morgan fingerprint density at radius 2 is 1.81 bits per heavy atom. The zero-order chi connectivity index (χ0) is 15.9. The van der Waals surface area contributed by atoms with Crippen LogP contribution in [0.1, 0.15) is 12.8 Å². The highest BCUT2D eigenvalue weighted by Gasteiger charge is 2.16. The predicted octanol–water partition coefficient (Wildman–Crippen LogP) is 0.575. The first-order valence-corrected chi connectivity index (χ1v) is 8.08. The lowest BCUT2D eigenvalue weighted by atomic mass is 10.2. The second kappa shape index (κ2) is 7.63. The molecule has 0 aliphatic rings. The molecule has 7 nitrogen and oxygen atoms in total. The summed E-state index contributed by atoms with van der Waals surface area (Å²) < 4.78 is 27.7. The number of carbonyl (C=O) groups excluding carboxylic acids is 2. The normalized spacial score (nSPS) is 10.9. The van der Waals surface area contributed by atoms with Gasteiger partial charge in [0.1, 0.15) is 0 Å². The summed E-state index contributed by atoms with van der Waals surface area (Å²) in [5, 5.41) is 2.54. The van der Waals surface area contributed by atoms with Gasteiger partial charge in [-0.2, -0.15) is 0 Å². The van der Waals surface area contributed by atoms with E-state index in [0.717, 1.165) is 0 Å². The van der Waals surface area contributed by atoms with Crippen molar-refractivity contribution in [2.45, 2.75) is 12.8 Å². The molecule has 116 valence electrons. The summed E-state index contributed by atoms with van der Waals surface area (Å²) in [6, 6.07) is 6.68. The molecule has 1 aromatic rings. The average Bonchev–Trinajstić information content (AvgIpc) is 2.45. The van der Waals surface area contributed by atoms with E-state index in [1.54, 1.807) is 24.3 Å². The van der Waals surface area contributed by atoms with Gasteiger partial charge in [0.25, 0.3) is 0 Å². The van der Waals surface area contributed by atoms with Crippen LogP contribution in [0.4, 0.5) is 11.4 Å². The van der Waals surface area contributed by atoms with Gasteiger partial charge < -0.3 is 15.8 Å². The first-order chi connectivity index (χ1) is 9.84. The molecule has 0 atom stereocenters. The molecule has 1 amide bonds. The maximum atomic E-state index is 11.7. The molecule has 0 aromatic heterocycles. The minimum Gasteiger partial charge on any atom is -0.469 e. The molecule has 3 N–H and O–H groups in total. The lowest BCUT2D eigenvalue weighted by molar-refractivity contribution is -0.140. The Morgan fingerprint density at radius 3 is 2.43 bits per heavy atom. The first-order valence-electron chi connectivity index (χ1n) is 6.25. The summed E-state index contributed by atoms with van der Waals surface area (Å²) in [5.74, 6) is -1.71. The number of benzene rings is 1. The van der Waals surface area contributed by atoms with E-state index < -0.39 is 21.7 Å². The van der Waals surface area contributed by atoms with Crippen molar-refractivity contribution < 1.29 is 22.7 Å². The highest BCUT2D eigenvalue weighted by Crippen LogP contribution is 2.16. The van der Waals surface area contributed by atoms with Gasteiger partial charge in [0, 0.05) is 6.42 Å². The van der Waals surface area contributed by atoms with E-state index in [1.807, 2.05) is 0 Å². The lowest BCUT2D eigenvalue weighted by Crippen LogP contribution is -2.20. The number of methoxy groups -OCH3 is 1. The number of rotatable bonds is 7. The number of nitrogen functional groups attached to an aromatic ring is 1. The van der Waals surface area contributed by atoms with E-state index in [4.69, 9.17) is 5.73 Å². The Balaban J connectivity index is 2.45. The number of amides is 1. The summed E-state index contributed by atoms with van der Waals surface area (Å²) >= 11 is 0. The third kappa shape index (κ3) is 6.26. The van der Waals surface area contributed by atoms with Crippen molar-refractivity contribution in [3.63, 3.8) is 0 Å². The first kappa shape index (κ1) is 17.0. The van der Waals surface area contributed by atoms with Gasteiger partial charge in [0.05, 0.1) is 36.4 Å². The molecule has 0 bridgehead atoms. The molecular weight excluding hydrogens is 296 g/mol. The van der Waals surface area contributed by atoms with Crippen LogP contribution in [0.5, 0.6) is 0 Å². The van der Waals surface area contributed by atoms with Gasteiger partial charge in [0.2, 0.25) is 5.91 Å². The molecule has 0 aliphatic heterocycles. The fourth-order valence-electron chi connectivity index (χ4n) is 1.51. The lowest BCUT2D eigenvalue weighted by Gasteiger charge is -2.08. The highest BCUT2D eigenvalue weighted by molar-refractivity contribution is 7.91. The Morgan fingerprint density at radius 1 is 1.19 bits per heavy atom. The van der Waals surface area contributed by atoms with Crippen LogP contribution in [0.3, 0.4) is 0 Å². The highest BCUT2D eigenvalue weighted by atomic mass is 32.2. The van der Waals surface area contributed by atoms with E-state index >= 15 is 0 Å². The summed E-state index contributed by atoms with van der Waals surface area (Å²) in [7, 11) is -2.29. The van der Waals surface area contributed by atoms with Crippen molar-refractivity contribution >= 4 is 33.1 Å². The minimum absolute atomic E-state index is 0.197. The monoisotopic (exact) mass is 314 g/mol. The van der Waals surface area contributed by atoms with E-state index in [-0.39, 0.29) is 24.3 Å². The van der Waals surface area contributed by atoms with E-state index in [2.05, 4.69) is 10.1 Å². The molecule has 0 heterocycles. The van der Waals surface area contributed by atoms with Crippen molar-refractivity contribution in [3.05, 3.63) is 24.3 Å². The van der Waals surface area contributed by atoms with Crippen LogP contribution < -0.4 is 11.1 Å². The van der Waals surface area contributed by atoms with Crippen molar-refractivity contribution in [2.75, 3.05) is 29.7 Å². The van der Waals surface area contributed by atoms with Gasteiger partial charge in [-0.1, -0.05) is 12.1 Å². The quantitative estimate of drug-likeness (QED) is 0.561. The fourth-order valence-corrected chi connectivity index (χ4v) is 2.69. The number of nitrogens with one attached hydrogen (secondary N) is 1. The van der Waals surface area contributed by atoms with Gasteiger partial charge in [0.15, 0.2) is 9.84 Å². The molecule has 1 aromatic carbocycles. The number of hydrogen-bond donors (Lipinski definition) is 2. The van der Waals surface area contributed by atoms with E-state index in [0.29, 0.717) is 11.4 Å². The van der Waals surface area contributed by atoms with Gasteiger partial charge in [-0.3, -0.25) is 9.59 Å². The molecule has 0 unspecified atom stereocenters. The summed E-state index contributed by atoms with van der Waals surface area (Å²) in [4.78, 5) is 22.6. The topological polar surface area (TPSA) is 116 Å². The smallest absolute Gasteiger partial charge is 0.306 e. The molecule has 0 radical (unpaired) electrons. The number of para-hydroxylation sites is 2. The second-order valence-electron chi connectivity index (χ2n) is 4.36. The number of esters is 1. The Bertz CT molecular complexity index is 613. The molecule has 8 heteroatoms. The molecule has 0 saturated heterocycles. The summed E-state index contributed by atoms with van der Waals surface area (Å²) in [6.07, 6.45) is -0.413. The van der Waals surface area contributed by atoms with Gasteiger partial charge in [-0.15, -0.1) is 0 Å². The van der Waals surface area contributed by atoms with Crippen LogP contribution in [-0.4, -0.2) is 38.9 Å². The van der Waals surface area contributed by atoms with Crippen LogP contribution in [-0.2, 0) is 24.2 Å². The number of anilines is 2. The SMILES string of the molecule is COC(=O)CCS(=O)(=O)CCC(=O)Nc1ccccc1N. The molecule has 0 aliphatic carbocycles. The molecule has 0 spiro atoms. The minimum atomic E-state index is -3.48. The molecular formula is C13H18N2O5S. The predicted molar refractivity (Wildman–Crippen MR) is 79.4 cm³/mol. The van der Waals surface area contributed by atoms with Crippen molar-refractivity contribution in [3.8, 4) is 0 Å². The number of carbonyl (C=O) groups is 2. The number of hydrogen-bond acceptors (Lipinski definition) is 6. The van der Waals surface area contributed by atoms with Crippen LogP contribution in [0.25, 0.3) is 0 Å². The van der Waals surface area contributed by atoms with Crippen LogP contribution >= 0.6 is 0 Å². The standard InChI is InChI=1S/C13H18N2O5S/c1-20-13(17)7-9-21(18,19)8-6-12(16)15-11-5-3-2-4-10(11)14/h2-5H,6-9,14H2,1H3,(H,15,16). The third-order valence-corrected chi connectivity index (χ3v) is 4.37. The Hall–Kier alpha value is -2.09. The molecule has 0 saturated carbocycles. The number of ether oxygens (including phenoxy) is 1. The Labute approximate surface area is 123 Å². The molecule has 0 fully saturated rings. The average molecular weight is 314 g/mol. The third-order valence-electron chi connectivity index (χ3n) is 2.72. The van der Waals surface area contributed by atoms with Crippen molar-refractivity contribution in [2.24, 2.45) is 0 Å². The van der Waals surface area contributed by atoms with E-state index in [1.165, 1.54) is 7.11 Å². The largest absolute Gasteiger partial charge is 0.469 e. The van der Waals surface area contributed by atoms with Gasteiger partial charge in [-0.05, 0) is 12.1 Å². The Kier molecular flexibility index (Phi) is 6.16. The maximum Gasteiger partial charge on any atom is 0.306 e. The van der Waals surface area contributed by atoms with Crippen LogP contribution in [0.2, 0.25) is 0 Å². The zero-order valence-corrected chi connectivity index (χ0v) is 12.5. The number of sulfone groups is 1. The van der Waals surface area contributed by atoms with E-state index in [9.17, 15) is 18.0 Å². The molecule has 1 rings (SSSR count). The van der Waals surface area contributed by atoms with Gasteiger partial charge >= 0.3 is 5.97 Å². The molecule has 21 heavy (non-hydrogen) atoms. The van der Waals surface area contributed by atoms with Crippen molar-refractivity contribution in [1.82, 2.24) is 0 Å². The second-order valence-corrected chi connectivity index (χ2v) is 6.67. The summed E-state index contributed by atoms with van der Waals surface area (Å²) in [6.45, 7) is 0. The van der Waals surface area contributed by atoms with Crippen molar-refractivity contribution in [1.29, 1.82) is 0 Å².